The predicted molar refractivity (Wildman–Crippen MR) is 71.6 cm³/mol. The van der Waals surface area contributed by atoms with Gasteiger partial charge < -0.3 is 14.4 Å². The molecule has 3 nitrogen and oxygen atoms in total. The van der Waals surface area contributed by atoms with Crippen LogP contribution in [0.4, 0.5) is 0 Å². The highest BCUT2D eigenvalue weighted by Crippen LogP contribution is 2.12. The molecule has 17 heavy (non-hydrogen) atoms. The van der Waals surface area contributed by atoms with Gasteiger partial charge in [0.05, 0.1) is 26.2 Å². The van der Waals surface area contributed by atoms with Crippen molar-refractivity contribution in [3.63, 3.8) is 0 Å². The molecule has 0 aliphatic heterocycles. The highest BCUT2D eigenvalue weighted by molar-refractivity contribution is 5.60. The van der Waals surface area contributed by atoms with Crippen molar-refractivity contribution in [3.8, 4) is 0 Å². The van der Waals surface area contributed by atoms with Crippen molar-refractivity contribution in [2.24, 2.45) is 0 Å². The predicted octanol–water partition coefficient (Wildman–Crippen LogP) is 2.20. The van der Waals surface area contributed by atoms with Gasteiger partial charge in [-0.15, -0.1) is 0 Å². The zero-order chi connectivity index (χ0) is 13.7. The van der Waals surface area contributed by atoms with Crippen LogP contribution in [0, 0.1) is 0 Å². The average Bonchev–Trinajstić information content (AvgIpc) is 2.18. The zero-order valence-corrected chi connectivity index (χ0v) is 12.4. The molecule has 0 bridgehead atoms. The van der Waals surface area contributed by atoms with Crippen LogP contribution in [-0.4, -0.2) is 36.6 Å². The molecule has 0 fully saturated rings. The molecule has 0 aromatic carbocycles. The van der Waals surface area contributed by atoms with Gasteiger partial charge in [0.2, 0.25) is 0 Å². The monoisotopic (exact) mass is 245 g/mol. The number of carbonyl (C=O) groups is 1. The molecule has 0 aromatic rings. The van der Waals surface area contributed by atoms with Crippen LogP contribution in [0.5, 0.6) is 0 Å². The van der Waals surface area contributed by atoms with Crippen LogP contribution in [0.3, 0.4) is 0 Å². The summed E-state index contributed by atoms with van der Waals surface area (Å²) >= 11 is 0. The molecule has 0 amide bonds. The van der Waals surface area contributed by atoms with Crippen molar-refractivity contribution >= 4 is 5.97 Å². The zero-order valence-electron chi connectivity index (χ0n) is 12.4. The van der Waals surface area contributed by atoms with Crippen molar-refractivity contribution in [2.75, 3.05) is 26.2 Å². The molecular weight excluding hydrogens is 214 g/mol. The Bertz CT molecular complexity index is 148. The molecule has 0 unspecified atom stereocenters. The number of carbonyl (C=O) groups excluding carboxylic acids is 1. The van der Waals surface area contributed by atoms with Crippen molar-refractivity contribution in [2.45, 2.75) is 60.3 Å². The van der Waals surface area contributed by atoms with E-state index in [1.807, 2.05) is 0 Å². The number of hydrogen-bond donors (Lipinski definition) is 0. The van der Waals surface area contributed by atoms with E-state index in [2.05, 4.69) is 27.7 Å². The summed E-state index contributed by atoms with van der Waals surface area (Å²) in [4.78, 5) is 8.89. The standard InChI is InChI=1S/C12H28N.C2H4O2/c1-5-9-13(10-6-2,11-7-3)12-8-4;1-2(3)4/h5-12H2,1-4H3;1H3,(H,3,4)/q+1;/p-1. The van der Waals surface area contributed by atoms with E-state index in [0.717, 1.165) is 6.92 Å². The maximum Gasteiger partial charge on any atom is 0.0783 e. The first-order valence-corrected chi connectivity index (χ1v) is 7.00. The lowest BCUT2D eigenvalue weighted by atomic mass is 10.2. The molecule has 0 aliphatic rings. The van der Waals surface area contributed by atoms with Crippen molar-refractivity contribution in [1.29, 1.82) is 0 Å². The largest absolute Gasteiger partial charge is 0.550 e. The fourth-order valence-corrected chi connectivity index (χ4v) is 2.57. The van der Waals surface area contributed by atoms with Crippen molar-refractivity contribution < 1.29 is 14.4 Å². The van der Waals surface area contributed by atoms with Gasteiger partial charge in [0.25, 0.3) is 0 Å². The fraction of sp³-hybridized carbons (Fsp3) is 0.929. The van der Waals surface area contributed by atoms with E-state index in [0.29, 0.717) is 0 Å². The first-order valence-electron chi connectivity index (χ1n) is 7.00. The Morgan fingerprint density at radius 3 is 1.12 bits per heavy atom. The Balaban J connectivity index is 0. The SMILES string of the molecule is CC(=O)[O-].CCC[N+](CCC)(CCC)CCC. The number of aliphatic carboxylic acids is 1. The molecule has 0 N–H and O–H groups in total. The maximum absolute atomic E-state index is 8.89. The van der Waals surface area contributed by atoms with Gasteiger partial charge in [0.15, 0.2) is 0 Å². The summed E-state index contributed by atoms with van der Waals surface area (Å²) in [5, 5.41) is 8.89. The Morgan fingerprint density at radius 1 is 0.824 bits per heavy atom. The second-order valence-corrected chi connectivity index (χ2v) is 4.73. The van der Waals surface area contributed by atoms with Crippen LogP contribution < -0.4 is 5.11 Å². The Labute approximate surface area is 107 Å². The number of quaternary nitrogens is 1. The summed E-state index contributed by atoms with van der Waals surface area (Å²) < 4.78 is 1.38. The fourth-order valence-electron chi connectivity index (χ4n) is 2.57. The second-order valence-electron chi connectivity index (χ2n) is 4.73. The maximum atomic E-state index is 8.89. The van der Waals surface area contributed by atoms with Crippen LogP contribution in [0.15, 0.2) is 0 Å². The second kappa shape index (κ2) is 11.9. The van der Waals surface area contributed by atoms with Crippen LogP contribution in [0.25, 0.3) is 0 Å². The molecular formula is C14H31NO2. The highest BCUT2D eigenvalue weighted by Gasteiger charge is 2.22. The summed E-state index contributed by atoms with van der Waals surface area (Å²) in [6, 6.07) is 0. The summed E-state index contributed by atoms with van der Waals surface area (Å²) in [7, 11) is 0. The first-order chi connectivity index (χ1) is 7.97. The Kier molecular flexibility index (Phi) is 13.2. The topological polar surface area (TPSA) is 40.1 Å². The molecule has 0 rings (SSSR count). The summed E-state index contributed by atoms with van der Waals surface area (Å²) in [6.07, 6.45) is 5.33. The average molecular weight is 245 g/mol. The van der Waals surface area contributed by atoms with E-state index in [9.17, 15) is 0 Å². The smallest absolute Gasteiger partial charge is 0.0783 e. The summed E-state index contributed by atoms with van der Waals surface area (Å²) in [5.74, 6) is -1.08. The van der Waals surface area contributed by atoms with Crippen molar-refractivity contribution in [3.05, 3.63) is 0 Å². The van der Waals surface area contributed by atoms with Gasteiger partial charge in [-0.25, -0.2) is 0 Å². The molecule has 104 valence electrons. The third kappa shape index (κ3) is 11.7. The normalized spacial score (nSPS) is 10.6. The van der Waals surface area contributed by atoms with Crippen LogP contribution in [0.1, 0.15) is 60.3 Å². The van der Waals surface area contributed by atoms with E-state index in [1.165, 1.54) is 56.3 Å². The van der Waals surface area contributed by atoms with Crippen LogP contribution in [-0.2, 0) is 4.79 Å². The highest BCUT2D eigenvalue weighted by atomic mass is 16.4. The number of rotatable bonds is 8. The molecule has 0 radical (unpaired) electrons. The number of hydrogen-bond acceptors (Lipinski definition) is 2. The van der Waals surface area contributed by atoms with Crippen LogP contribution >= 0.6 is 0 Å². The number of nitrogens with zero attached hydrogens (tertiary/aromatic N) is 1. The number of carboxylic acids is 1. The molecule has 0 spiro atoms. The quantitative estimate of drug-likeness (QED) is 0.615. The van der Waals surface area contributed by atoms with Gasteiger partial charge >= 0.3 is 0 Å². The molecule has 0 saturated heterocycles. The van der Waals surface area contributed by atoms with Gasteiger partial charge in [-0.3, -0.25) is 0 Å². The van der Waals surface area contributed by atoms with Gasteiger partial charge in [0.1, 0.15) is 0 Å². The molecule has 0 atom stereocenters. The van der Waals surface area contributed by atoms with Crippen LogP contribution in [0.2, 0.25) is 0 Å². The minimum Gasteiger partial charge on any atom is -0.550 e. The molecule has 3 heteroatoms. The Morgan fingerprint density at radius 2 is 1.00 bits per heavy atom. The molecule has 0 saturated carbocycles. The van der Waals surface area contributed by atoms with E-state index in [1.54, 1.807) is 0 Å². The third-order valence-electron chi connectivity index (χ3n) is 2.79. The molecule has 0 aromatic heterocycles. The van der Waals surface area contributed by atoms with Gasteiger partial charge in [-0.2, -0.15) is 0 Å². The van der Waals surface area contributed by atoms with E-state index in [-0.39, 0.29) is 0 Å². The third-order valence-corrected chi connectivity index (χ3v) is 2.79. The summed E-state index contributed by atoms with van der Waals surface area (Å²) in [6.45, 7) is 15.8. The van der Waals surface area contributed by atoms with E-state index >= 15 is 0 Å². The molecule has 0 aliphatic carbocycles. The van der Waals surface area contributed by atoms with Gasteiger partial charge in [-0.1, -0.05) is 27.7 Å². The lowest BCUT2D eigenvalue weighted by Crippen LogP contribution is -2.50. The minimum atomic E-state index is -1.08. The lowest BCUT2D eigenvalue weighted by Gasteiger charge is -2.38. The van der Waals surface area contributed by atoms with E-state index < -0.39 is 5.97 Å². The Hall–Kier alpha value is -0.570. The van der Waals surface area contributed by atoms with Crippen molar-refractivity contribution in [1.82, 2.24) is 0 Å². The first kappa shape index (κ1) is 18.8. The number of carboxylic acid groups (broad SMARTS) is 1. The summed E-state index contributed by atoms with van der Waals surface area (Å²) in [5.41, 5.74) is 0. The van der Waals surface area contributed by atoms with Gasteiger partial charge in [0, 0.05) is 5.97 Å². The molecule has 0 heterocycles. The lowest BCUT2D eigenvalue weighted by molar-refractivity contribution is -0.928. The van der Waals surface area contributed by atoms with E-state index in [4.69, 9.17) is 9.90 Å². The minimum absolute atomic E-state index is 0.972. The van der Waals surface area contributed by atoms with Gasteiger partial charge in [-0.05, 0) is 32.6 Å².